The van der Waals surface area contributed by atoms with Crippen molar-refractivity contribution in [2.75, 3.05) is 51.6 Å². The molecule has 174 valence electrons. The van der Waals surface area contributed by atoms with Gasteiger partial charge in [0.25, 0.3) is 5.91 Å². The van der Waals surface area contributed by atoms with Crippen molar-refractivity contribution in [2.45, 2.75) is 30.7 Å². The van der Waals surface area contributed by atoms with Gasteiger partial charge >= 0.3 is 0 Å². The SMILES string of the molecule is O=C(CSc1ccccc1C(=O)N1CCN(Cc2ccc3c(c2)CCO3)CC1)N1CCCC1. The van der Waals surface area contributed by atoms with Gasteiger partial charge in [-0.2, -0.15) is 0 Å². The molecule has 0 radical (unpaired) electrons. The van der Waals surface area contributed by atoms with Crippen LogP contribution in [-0.4, -0.2) is 78.1 Å². The fourth-order valence-corrected chi connectivity index (χ4v) is 5.79. The maximum Gasteiger partial charge on any atom is 0.255 e. The lowest BCUT2D eigenvalue weighted by Gasteiger charge is -2.35. The highest BCUT2D eigenvalue weighted by atomic mass is 32.2. The molecular formula is C26H31N3O3S. The van der Waals surface area contributed by atoms with E-state index in [2.05, 4.69) is 23.1 Å². The Balaban J connectivity index is 1.16. The summed E-state index contributed by atoms with van der Waals surface area (Å²) in [6.45, 7) is 6.58. The van der Waals surface area contributed by atoms with Gasteiger partial charge in [0.15, 0.2) is 0 Å². The van der Waals surface area contributed by atoms with Crippen LogP contribution in [0.3, 0.4) is 0 Å². The molecule has 2 amide bonds. The van der Waals surface area contributed by atoms with E-state index >= 15 is 0 Å². The zero-order chi connectivity index (χ0) is 22.6. The average Bonchev–Trinajstić information content (AvgIpc) is 3.55. The van der Waals surface area contributed by atoms with Crippen molar-refractivity contribution < 1.29 is 14.3 Å². The smallest absolute Gasteiger partial charge is 0.255 e. The molecule has 0 N–H and O–H groups in total. The number of hydrogen-bond donors (Lipinski definition) is 0. The Bertz CT molecular complexity index is 1010. The molecular weight excluding hydrogens is 434 g/mol. The molecule has 2 fully saturated rings. The first-order chi connectivity index (χ1) is 16.2. The fraction of sp³-hybridized carbons (Fsp3) is 0.462. The van der Waals surface area contributed by atoms with Gasteiger partial charge < -0.3 is 14.5 Å². The van der Waals surface area contributed by atoms with E-state index in [4.69, 9.17) is 4.74 Å². The number of carbonyl (C=O) groups excluding carboxylic acids is 2. The number of ether oxygens (including phenoxy) is 1. The van der Waals surface area contributed by atoms with Crippen LogP contribution in [0.2, 0.25) is 0 Å². The first kappa shape index (κ1) is 22.3. The number of hydrogen-bond acceptors (Lipinski definition) is 5. The number of nitrogens with zero attached hydrogens (tertiary/aromatic N) is 3. The third-order valence-electron chi connectivity index (χ3n) is 6.75. The minimum atomic E-state index is 0.0704. The van der Waals surface area contributed by atoms with Gasteiger partial charge in [-0.15, -0.1) is 11.8 Å². The second-order valence-electron chi connectivity index (χ2n) is 8.98. The van der Waals surface area contributed by atoms with Crippen LogP contribution < -0.4 is 4.74 Å². The number of piperazine rings is 1. The van der Waals surface area contributed by atoms with Crippen molar-refractivity contribution in [1.82, 2.24) is 14.7 Å². The van der Waals surface area contributed by atoms with E-state index in [0.717, 1.165) is 82.3 Å². The Kier molecular flexibility index (Phi) is 6.88. The molecule has 0 saturated carbocycles. The van der Waals surface area contributed by atoms with Gasteiger partial charge in [-0.3, -0.25) is 14.5 Å². The quantitative estimate of drug-likeness (QED) is 0.613. The lowest BCUT2D eigenvalue weighted by molar-refractivity contribution is -0.127. The van der Waals surface area contributed by atoms with Gasteiger partial charge in [0.1, 0.15) is 5.75 Å². The molecule has 0 spiro atoms. The number of rotatable bonds is 6. The van der Waals surface area contributed by atoms with Crippen LogP contribution in [0.15, 0.2) is 47.4 Å². The lowest BCUT2D eigenvalue weighted by Crippen LogP contribution is -2.48. The van der Waals surface area contributed by atoms with Crippen LogP contribution >= 0.6 is 11.8 Å². The van der Waals surface area contributed by atoms with Gasteiger partial charge in [0, 0.05) is 57.1 Å². The molecule has 7 heteroatoms. The third-order valence-corrected chi connectivity index (χ3v) is 7.81. The third kappa shape index (κ3) is 5.20. The van der Waals surface area contributed by atoms with E-state index in [0.29, 0.717) is 11.3 Å². The Morgan fingerprint density at radius 1 is 0.909 bits per heavy atom. The molecule has 0 aromatic heterocycles. The molecule has 33 heavy (non-hydrogen) atoms. The Morgan fingerprint density at radius 3 is 2.52 bits per heavy atom. The average molecular weight is 466 g/mol. The summed E-state index contributed by atoms with van der Waals surface area (Å²) in [7, 11) is 0. The summed E-state index contributed by atoms with van der Waals surface area (Å²) >= 11 is 1.49. The summed E-state index contributed by atoms with van der Waals surface area (Å²) in [5, 5.41) is 0. The molecule has 2 saturated heterocycles. The fourth-order valence-electron chi connectivity index (χ4n) is 4.84. The molecule has 5 rings (SSSR count). The van der Waals surface area contributed by atoms with Gasteiger partial charge in [0.05, 0.1) is 17.9 Å². The maximum absolute atomic E-state index is 13.3. The van der Waals surface area contributed by atoms with Crippen LogP contribution in [0.25, 0.3) is 0 Å². The largest absolute Gasteiger partial charge is 0.493 e. The van der Waals surface area contributed by atoms with Crippen LogP contribution in [0, 0.1) is 0 Å². The van der Waals surface area contributed by atoms with E-state index in [1.807, 2.05) is 34.1 Å². The van der Waals surface area contributed by atoms with Crippen molar-refractivity contribution in [2.24, 2.45) is 0 Å². The number of benzene rings is 2. The Labute approximate surface area is 199 Å². The summed E-state index contributed by atoms with van der Waals surface area (Å²) in [5.41, 5.74) is 3.32. The van der Waals surface area contributed by atoms with Crippen molar-refractivity contribution in [3.8, 4) is 5.75 Å². The molecule has 3 heterocycles. The molecule has 0 aliphatic carbocycles. The maximum atomic E-state index is 13.3. The second-order valence-corrected chi connectivity index (χ2v) is 10.00. The zero-order valence-corrected chi connectivity index (χ0v) is 19.8. The Morgan fingerprint density at radius 2 is 1.70 bits per heavy atom. The van der Waals surface area contributed by atoms with E-state index in [-0.39, 0.29) is 11.8 Å². The number of carbonyl (C=O) groups is 2. The van der Waals surface area contributed by atoms with Gasteiger partial charge in [-0.1, -0.05) is 24.3 Å². The molecule has 3 aliphatic heterocycles. The first-order valence-electron chi connectivity index (χ1n) is 11.9. The predicted octanol–water partition coefficient (Wildman–Crippen LogP) is 3.29. The van der Waals surface area contributed by atoms with Gasteiger partial charge in [-0.05, 0) is 42.2 Å². The van der Waals surface area contributed by atoms with E-state index in [9.17, 15) is 9.59 Å². The standard InChI is InChI=1S/C26H31N3O3S/c30-25(28-10-3-4-11-28)19-33-24-6-2-1-5-22(24)26(31)29-14-12-27(13-15-29)18-20-7-8-23-21(17-20)9-16-32-23/h1-2,5-8,17H,3-4,9-16,18-19H2. The molecule has 0 bridgehead atoms. The van der Waals surface area contributed by atoms with Crippen molar-refractivity contribution in [1.29, 1.82) is 0 Å². The Hall–Kier alpha value is -2.51. The highest BCUT2D eigenvalue weighted by molar-refractivity contribution is 8.00. The minimum Gasteiger partial charge on any atom is -0.493 e. The number of likely N-dealkylation sites (tertiary alicyclic amines) is 1. The minimum absolute atomic E-state index is 0.0704. The van der Waals surface area contributed by atoms with Crippen molar-refractivity contribution in [3.05, 3.63) is 59.2 Å². The van der Waals surface area contributed by atoms with Crippen molar-refractivity contribution in [3.63, 3.8) is 0 Å². The molecule has 6 nitrogen and oxygen atoms in total. The summed E-state index contributed by atoms with van der Waals surface area (Å²) in [4.78, 5) is 32.9. The molecule has 3 aliphatic rings. The molecule has 2 aromatic rings. The summed E-state index contributed by atoms with van der Waals surface area (Å²) in [6, 6.07) is 14.2. The monoisotopic (exact) mass is 465 g/mol. The van der Waals surface area contributed by atoms with E-state index in [1.54, 1.807) is 0 Å². The number of thioether (sulfide) groups is 1. The van der Waals surface area contributed by atoms with Gasteiger partial charge in [0.2, 0.25) is 5.91 Å². The molecule has 0 unspecified atom stereocenters. The van der Waals surface area contributed by atoms with Crippen LogP contribution in [0.4, 0.5) is 0 Å². The normalized spacial score (nSPS) is 18.3. The topological polar surface area (TPSA) is 53.1 Å². The van der Waals surface area contributed by atoms with Crippen molar-refractivity contribution >= 4 is 23.6 Å². The summed E-state index contributed by atoms with van der Waals surface area (Å²) in [5.74, 6) is 1.66. The van der Waals surface area contributed by atoms with E-state index < -0.39 is 0 Å². The molecule has 0 atom stereocenters. The highest BCUT2D eigenvalue weighted by Gasteiger charge is 2.25. The number of amides is 2. The van der Waals surface area contributed by atoms with Crippen LogP contribution in [0.5, 0.6) is 5.75 Å². The summed E-state index contributed by atoms with van der Waals surface area (Å²) in [6.07, 6.45) is 3.18. The zero-order valence-electron chi connectivity index (χ0n) is 19.0. The van der Waals surface area contributed by atoms with Crippen LogP contribution in [0.1, 0.15) is 34.3 Å². The predicted molar refractivity (Wildman–Crippen MR) is 130 cm³/mol. The van der Waals surface area contributed by atoms with Gasteiger partial charge in [-0.25, -0.2) is 0 Å². The lowest BCUT2D eigenvalue weighted by atomic mass is 10.1. The molecule has 2 aromatic carbocycles. The van der Waals surface area contributed by atoms with Crippen LogP contribution in [-0.2, 0) is 17.8 Å². The number of fused-ring (bicyclic) bond motifs is 1. The second kappa shape index (κ2) is 10.2. The summed E-state index contributed by atoms with van der Waals surface area (Å²) < 4.78 is 5.61. The first-order valence-corrected chi connectivity index (χ1v) is 12.9. The highest BCUT2D eigenvalue weighted by Crippen LogP contribution is 2.27. The van der Waals surface area contributed by atoms with E-state index in [1.165, 1.54) is 22.9 Å².